The third-order valence-corrected chi connectivity index (χ3v) is 6.82. The number of carbonyl (C=O) groups is 1. The minimum absolute atomic E-state index is 0.00191. The fraction of sp³-hybridized carbons (Fsp3) is 0.267. The van der Waals surface area contributed by atoms with E-state index in [2.05, 4.69) is 34.8 Å². The molecule has 0 saturated heterocycles. The standard InChI is InChI=1S/C30H31ClF2N4O2/c1-3-20-8-7-9-21(12-20)17-34-18-27(38)26(15-22-13-23(32)16-24(33)14-22)35-30(39)28-19(2)36-37(29(28)31)25-10-5-4-6-11-25/h4-14,16,26-27,34,38H,3,15,17-18H2,1-2H3,(H,35,39)/t26-,27+/m0/s1. The van der Waals surface area contributed by atoms with Gasteiger partial charge in [0.1, 0.15) is 16.8 Å². The van der Waals surface area contributed by atoms with E-state index in [1.807, 2.05) is 42.5 Å². The molecule has 39 heavy (non-hydrogen) atoms. The first-order chi connectivity index (χ1) is 18.7. The number of hydrogen-bond donors (Lipinski definition) is 3. The van der Waals surface area contributed by atoms with Crippen molar-refractivity contribution in [2.45, 2.75) is 45.4 Å². The van der Waals surface area contributed by atoms with Crippen molar-refractivity contribution in [1.29, 1.82) is 0 Å². The number of benzene rings is 3. The first kappa shape index (κ1) is 28.4. The van der Waals surface area contributed by atoms with Crippen LogP contribution in [0.2, 0.25) is 5.15 Å². The summed E-state index contributed by atoms with van der Waals surface area (Å²) in [6, 6.07) is 19.5. The highest BCUT2D eigenvalue weighted by atomic mass is 35.5. The zero-order valence-corrected chi connectivity index (χ0v) is 22.6. The van der Waals surface area contributed by atoms with Gasteiger partial charge < -0.3 is 15.7 Å². The van der Waals surface area contributed by atoms with Gasteiger partial charge in [0.15, 0.2) is 0 Å². The van der Waals surface area contributed by atoms with Gasteiger partial charge in [0.05, 0.1) is 29.1 Å². The van der Waals surface area contributed by atoms with E-state index in [1.54, 1.807) is 6.92 Å². The van der Waals surface area contributed by atoms with Crippen molar-refractivity contribution in [3.05, 3.63) is 118 Å². The average Bonchev–Trinajstić information content (AvgIpc) is 3.21. The summed E-state index contributed by atoms with van der Waals surface area (Å²) in [5.74, 6) is -2.01. The summed E-state index contributed by atoms with van der Waals surface area (Å²) in [6.45, 7) is 4.39. The normalized spacial score (nSPS) is 12.8. The maximum absolute atomic E-state index is 13.9. The van der Waals surface area contributed by atoms with E-state index in [-0.39, 0.29) is 23.7 Å². The van der Waals surface area contributed by atoms with E-state index in [0.29, 0.717) is 23.5 Å². The number of aliphatic hydroxyl groups excluding tert-OH is 1. The highest BCUT2D eigenvalue weighted by Gasteiger charge is 2.27. The maximum Gasteiger partial charge on any atom is 0.256 e. The highest BCUT2D eigenvalue weighted by Crippen LogP contribution is 2.24. The van der Waals surface area contributed by atoms with Crippen LogP contribution in [0, 0.1) is 18.6 Å². The van der Waals surface area contributed by atoms with Gasteiger partial charge >= 0.3 is 0 Å². The maximum atomic E-state index is 13.9. The van der Waals surface area contributed by atoms with Crippen LogP contribution in [0.25, 0.3) is 5.69 Å². The molecule has 1 heterocycles. The number of hydrogen-bond acceptors (Lipinski definition) is 4. The predicted octanol–water partition coefficient (Wildman–Crippen LogP) is 5.17. The van der Waals surface area contributed by atoms with Crippen molar-refractivity contribution in [2.24, 2.45) is 0 Å². The van der Waals surface area contributed by atoms with Gasteiger partial charge in [-0.2, -0.15) is 5.10 Å². The van der Waals surface area contributed by atoms with E-state index in [1.165, 1.54) is 22.4 Å². The molecule has 0 aliphatic heterocycles. The smallest absolute Gasteiger partial charge is 0.256 e. The molecule has 4 rings (SSSR count). The Kier molecular flexibility index (Phi) is 9.45. The van der Waals surface area contributed by atoms with Crippen LogP contribution in [-0.2, 0) is 19.4 Å². The number of aromatic nitrogens is 2. The molecule has 1 amide bonds. The summed E-state index contributed by atoms with van der Waals surface area (Å²) in [5.41, 5.74) is 3.82. The van der Waals surface area contributed by atoms with Gasteiger partial charge in [-0.15, -0.1) is 0 Å². The lowest BCUT2D eigenvalue weighted by Gasteiger charge is -2.25. The van der Waals surface area contributed by atoms with E-state index >= 15 is 0 Å². The molecule has 0 radical (unpaired) electrons. The number of rotatable bonds is 11. The Morgan fingerprint density at radius 2 is 1.69 bits per heavy atom. The monoisotopic (exact) mass is 552 g/mol. The molecular weight excluding hydrogens is 522 g/mol. The number of nitrogens with one attached hydrogen (secondary N) is 2. The molecule has 4 aromatic rings. The molecule has 3 aromatic carbocycles. The molecule has 6 nitrogen and oxygen atoms in total. The first-order valence-corrected chi connectivity index (χ1v) is 13.2. The summed E-state index contributed by atoms with van der Waals surface area (Å²) in [6.07, 6.45) is -0.159. The Morgan fingerprint density at radius 3 is 2.38 bits per heavy atom. The zero-order chi connectivity index (χ0) is 27.9. The number of amides is 1. The molecule has 0 aliphatic carbocycles. The van der Waals surface area contributed by atoms with E-state index in [4.69, 9.17) is 11.6 Å². The second-order valence-corrected chi connectivity index (χ2v) is 9.79. The van der Waals surface area contributed by atoms with Gasteiger partial charge in [-0.3, -0.25) is 4.79 Å². The molecule has 1 aromatic heterocycles. The Morgan fingerprint density at radius 1 is 1.00 bits per heavy atom. The number of nitrogens with zero attached hydrogens (tertiary/aromatic N) is 2. The molecule has 204 valence electrons. The summed E-state index contributed by atoms with van der Waals surface area (Å²) in [4.78, 5) is 13.4. The summed E-state index contributed by atoms with van der Waals surface area (Å²) < 4.78 is 29.3. The first-order valence-electron chi connectivity index (χ1n) is 12.8. The van der Waals surface area contributed by atoms with Crippen LogP contribution in [0.5, 0.6) is 0 Å². The molecule has 0 unspecified atom stereocenters. The van der Waals surface area contributed by atoms with Crippen LogP contribution < -0.4 is 10.6 Å². The van der Waals surface area contributed by atoms with E-state index < -0.39 is 29.7 Å². The van der Waals surface area contributed by atoms with Crippen molar-refractivity contribution < 1.29 is 18.7 Å². The van der Waals surface area contributed by atoms with Gasteiger partial charge in [-0.25, -0.2) is 13.5 Å². The Hall–Kier alpha value is -3.59. The fourth-order valence-electron chi connectivity index (χ4n) is 4.47. The molecule has 3 N–H and O–H groups in total. The summed E-state index contributed by atoms with van der Waals surface area (Å²) >= 11 is 6.57. The lowest BCUT2D eigenvalue weighted by molar-refractivity contribution is 0.0829. The predicted molar refractivity (Wildman–Crippen MR) is 148 cm³/mol. The Labute approximate surface area is 231 Å². The largest absolute Gasteiger partial charge is 0.390 e. The Balaban J connectivity index is 1.53. The molecular formula is C30H31ClF2N4O2. The number of halogens is 3. The second kappa shape index (κ2) is 13.0. The molecule has 0 spiro atoms. The Bertz CT molecular complexity index is 1410. The third-order valence-electron chi connectivity index (χ3n) is 6.47. The minimum atomic E-state index is -1.07. The number of carbonyl (C=O) groups excluding carboxylic acids is 1. The van der Waals surface area contributed by atoms with Crippen LogP contribution in [0.1, 0.15) is 39.7 Å². The van der Waals surface area contributed by atoms with Crippen LogP contribution in [0.15, 0.2) is 72.8 Å². The van der Waals surface area contributed by atoms with Gasteiger partial charge in [0.2, 0.25) is 0 Å². The minimum Gasteiger partial charge on any atom is -0.390 e. The average molecular weight is 553 g/mol. The lowest BCUT2D eigenvalue weighted by atomic mass is 10.00. The van der Waals surface area contributed by atoms with Crippen LogP contribution in [-0.4, -0.2) is 39.5 Å². The quantitative estimate of drug-likeness (QED) is 0.240. The molecule has 0 aliphatic rings. The van der Waals surface area contributed by atoms with Crippen molar-refractivity contribution in [2.75, 3.05) is 6.54 Å². The molecule has 0 fully saturated rings. The molecule has 0 bridgehead atoms. The van der Waals surface area contributed by atoms with Crippen molar-refractivity contribution in [1.82, 2.24) is 20.4 Å². The molecule has 0 saturated carbocycles. The highest BCUT2D eigenvalue weighted by molar-refractivity contribution is 6.33. The SMILES string of the molecule is CCc1cccc(CNC[C@@H](O)[C@H](Cc2cc(F)cc(F)c2)NC(=O)c2c(C)nn(-c3ccccc3)c2Cl)c1. The van der Waals surface area contributed by atoms with Crippen LogP contribution >= 0.6 is 11.6 Å². The van der Waals surface area contributed by atoms with Crippen molar-refractivity contribution in [3.63, 3.8) is 0 Å². The summed E-state index contributed by atoms with van der Waals surface area (Å²) in [5, 5.41) is 21.6. The number of aliphatic hydroxyl groups is 1. The van der Waals surface area contributed by atoms with Gasteiger partial charge in [-0.1, -0.05) is 61.0 Å². The number of para-hydroxylation sites is 1. The zero-order valence-electron chi connectivity index (χ0n) is 21.8. The third kappa shape index (κ3) is 7.29. The molecule has 9 heteroatoms. The fourth-order valence-corrected chi connectivity index (χ4v) is 4.83. The van der Waals surface area contributed by atoms with Crippen LogP contribution in [0.3, 0.4) is 0 Å². The number of aryl methyl sites for hydroxylation is 2. The molecule has 2 atom stereocenters. The van der Waals surface area contributed by atoms with Gasteiger partial charge in [0.25, 0.3) is 5.91 Å². The van der Waals surface area contributed by atoms with Gasteiger partial charge in [0, 0.05) is 19.2 Å². The second-order valence-electron chi connectivity index (χ2n) is 9.43. The van der Waals surface area contributed by atoms with E-state index in [0.717, 1.165) is 18.1 Å². The lowest BCUT2D eigenvalue weighted by Crippen LogP contribution is -2.48. The summed E-state index contributed by atoms with van der Waals surface area (Å²) in [7, 11) is 0. The van der Waals surface area contributed by atoms with Crippen LogP contribution in [0.4, 0.5) is 8.78 Å². The van der Waals surface area contributed by atoms with Crippen molar-refractivity contribution in [3.8, 4) is 5.69 Å². The van der Waals surface area contributed by atoms with E-state index in [9.17, 15) is 18.7 Å². The van der Waals surface area contributed by atoms with Gasteiger partial charge in [-0.05, 0) is 60.7 Å². The van der Waals surface area contributed by atoms with Crippen molar-refractivity contribution >= 4 is 17.5 Å². The topological polar surface area (TPSA) is 79.2 Å².